The molecule has 166 valence electrons. The fraction of sp³-hybridized carbons (Fsp3) is 0.318. The number of amides is 3. The van der Waals surface area contributed by atoms with E-state index in [2.05, 4.69) is 15.6 Å². The fourth-order valence-corrected chi connectivity index (χ4v) is 4.69. The molecule has 2 aromatic carbocycles. The first-order valence-corrected chi connectivity index (χ1v) is 10.1. The van der Waals surface area contributed by atoms with E-state index in [9.17, 15) is 9.59 Å². The van der Waals surface area contributed by atoms with E-state index in [0.717, 1.165) is 12.1 Å². The molecule has 2 heterocycles. The van der Waals surface area contributed by atoms with E-state index in [1.165, 1.54) is 7.11 Å². The van der Waals surface area contributed by atoms with Crippen LogP contribution in [0.2, 0.25) is 0 Å². The van der Waals surface area contributed by atoms with Crippen LogP contribution in [0.15, 0.2) is 40.8 Å². The normalized spacial score (nSPS) is 23.7. The summed E-state index contributed by atoms with van der Waals surface area (Å²) in [6.45, 7) is 0. The Kier molecular flexibility index (Phi) is 4.54. The summed E-state index contributed by atoms with van der Waals surface area (Å²) in [5, 5.41) is 5.15. The van der Waals surface area contributed by atoms with Crippen molar-refractivity contribution in [2.45, 2.75) is 36.3 Å². The van der Waals surface area contributed by atoms with E-state index in [1.54, 1.807) is 12.1 Å². The molecule has 10 heteroatoms. The minimum Gasteiger partial charge on any atom is -0.497 e. The summed E-state index contributed by atoms with van der Waals surface area (Å²) >= 11 is 0. The van der Waals surface area contributed by atoms with Gasteiger partial charge in [0, 0.05) is 23.6 Å². The molecular formula is C22H20F2N4O4. The molecule has 8 nitrogen and oxygen atoms in total. The Labute approximate surface area is 181 Å². The third-order valence-electron chi connectivity index (χ3n) is 6.32. The molecule has 3 amide bonds. The highest BCUT2D eigenvalue weighted by atomic mass is 19.1. The van der Waals surface area contributed by atoms with Gasteiger partial charge in [-0.05, 0) is 25.0 Å². The van der Waals surface area contributed by atoms with Crippen LogP contribution in [0, 0.1) is 11.6 Å². The molecule has 5 rings (SSSR count). The van der Waals surface area contributed by atoms with Gasteiger partial charge in [-0.1, -0.05) is 12.1 Å². The van der Waals surface area contributed by atoms with Crippen molar-refractivity contribution in [3.63, 3.8) is 0 Å². The lowest BCUT2D eigenvalue weighted by atomic mass is 9.79. The van der Waals surface area contributed by atoms with Crippen LogP contribution >= 0.6 is 0 Å². The zero-order chi connectivity index (χ0) is 22.6. The molecule has 1 aromatic heterocycles. The van der Waals surface area contributed by atoms with Gasteiger partial charge in [-0.2, -0.15) is 0 Å². The fourth-order valence-electron chi connectivity index (χ4n) is 4.69. The molecule has 4 N–H and O–H groups in total. The van der Waals surface area contributed by atoms with Crippen molar-refractivity contribution in [3.05, 3.63) is 59.5 Å². The lowest BCUT2D eigenvalue weighted by Crippen LogP contribution is -2.46. The summed E-state index contributed by atoms with van der Waals surface area (Å²) in [6.07, 6.45) is 1.17. The monoisotopic (exact) mass is 442 g/mol. The van der Waals surface area contributed by atoms with Gasteiger partial charge >= 0.3 is 6.03 Å². The van der Waals surface area contributed by atoms with Crippen LogP contribution in [-0.4, -0.2) is 36.1 Å². The smallest absolute Gasteiger partial charge is 0.312 e. The number of carbonyl (C=O) groups excluding carboxylic acids is 2. The number of ether oxygens (including phenoxy) is 1. The Bertz CT molecular complexity index is 1180. The van der Waals surface area contributed by atoms with Gasteiger partial charge in [0.25, 0.3) is 0 Å². The van der Waals surface area contributed by atoms with Crippen molar-refractivity contribution in [2.75, 3.05) is 7.11 Å². The molecule has 0 bridgehead atoms. The van der Waals surface area contributed by atoms with Crippen LogP contribution in [0.25, 0.3) is 11.1 Å². The zero-order valence-corrected chi connectivity index (χ0v) is 17.0. The summed E-state index contributed by atoms with van der Waals surface area (Å²) in [7, 11) is 1.29. The van der Waals surface area contributed by atoms with Gasteiger partial charge in [0.1, 0.15) is 28.9 Å². The van der Waals surface area contributed by atoms with Gasteiger partial charge in [-0.15, -0.1) is 0 Å². The highest BCUT2D eigenvalue weighted by Crippen LogP contribution is 2.56. The summed E-state index contributed by atoms with van der Waals surface area (Å²) < 4.78 is 41.1. The zero-order valence-electron chi connectivity index (χ0n) is 17.0. The van der Waals surface area contributed by atoms with Crippen LogP contribution in [-0.2, 0) is 10.2 Å². The summed E-state index contributed by atoms with van der Waals surface area (Å²) in [5.74, 6) is -3.08. The van der Waals surface area contributed by atoms with Crippen molar-refractivity contribution >= 4 is 23.0 Å². The molecule has 0 radical (unpaired) electrons. The van der Waals surface area contributed by atoms with Gasteiger partial charge in [0.15, 0.2) is 5.58 Å². The SMILES string of the molecule is COc1cc(F)c([C@@H]2C(C3(c4nc5ccccc5o4)CC3)NC(=O)[C@H]2NC(N)=O)c(F)c1. The first kappa shape index (κ1) is 20.2. The number of hydrogen-bond donors (Lipinski definition) is 3. The van der Waals surface area contributed by atoms with Crippen molar-refractivity contribution in [2.24, 2.45) is 5.73 Å². The summed E-state index contributed by atoms with van der Waals surface area (Å²) in [6, 6.07) is 6.26. The van der Waals surface area contributed by atoms with E-state index in [1.807, 2.05) is 12.1 Å². The second-order valence-corrected chi connectivity index (χ2v) is 8.15. The van der Waals surface area contributed by atoms with Crippen LogP contribution in [0.4, 0.5) is 13.6 Å². The van der Waals surface area contributed by atoms with Gasteiger partial charge in [-0.25, -0.2) is 18.6 Å². The molecule has 0 spiro atoms. The number of nitrogens with two attached hydrogens (primary N) is 1. The first-order valence-electron chi connectivity index (χ1n) is 10.1. The van der Waals surface area contributed by atoms with Crippen LogP contribution < -0.4 is 21.1 Å². The van der Waals surface area contributed by atoms with Crippen molar-refractivity contribution in [1.29, 1.82) is 0 Å². The number of nitrogens with one attached hydrogen (secondary N) is 2. The number of hydrogen-bond acceptors (Lipinski definition) is 5. The third-order valence-corrected chi connectivity index (χ3v) is 6.32. The quantitative estimate of drug-likeness (QED) is 0.561. The number of aromatic nitrogens is 1. The number of methoxy groups -OCH3 is 1. The maximum atomic E-state index is 15.1. The van der Waals surface area contributed by atoms with Gasteiger partial charge in [0.05, 0.1) is 18.6 Å². The molecule has 1 aliphatic heterocycles. The van der Waals surface area contributed by atoms with E-state index in [0.29, 0.717) is 29.8 Å². The lowest BCUT2D eigenvalue weighted by Gasteiger charge is -2.29. The largest absolute Gasteiger partial charge is 0.497 e. The predicted molar refractivity (Wildman–Crippen MR) is 109 cm³/mol. The molecule has 1 saturated heterocycles. The molecule has 1 unspecified atom stereocenters. The number of nitrogens with zero attached hydrogens (tertiary/aromatic N) is 1. The van der Waals surface area contributed by atoms with E-state index >= 15 is 8.78 Å². The summed E-state index contributed by atoms with van der Waals surface area (Å²) in [4.78, 5) is 29.0. The Morgan fingerprint density at radius 1 is 1.28 bits per heavy atom. The minimum atomic E-state index is -1.27. The van der Waals surface area contributed by atoms with Gasteiger partial charge < -0.3 is 25.5 Å². The molecule has 1 aliphatic carbocycles. The highest BCUT2D eigenvalue weighted by molar-refractivity contribution is 5.91. The number of urea groups is 1. The predicted octanol–water partition coefficient (Wildman–Crippen LogP) is 2.47. The standard InChI is InChI=1S/C22H20F2N4O4/c1-31-10-8-11(23)15(12(24)9-10)16-17(27-21(25)30)19(29)28-18(16)22(6-7-22)20-26-13-4-2-3-5-14(13)32-20/h2-5,8-9,16-18H,6-7H2,1H3,(H,28,29)(H3,25,27,30)/t16-,17-,18?/m0/s1. The van der Waals surface area contributed by atoms with E-state index in [-0.39, 0.29) is 11.3 Å². The van der Waals surface area contributed by atoms with Gasteiger partial charge in [0.2, 0.25) is 11.8 Å². The maximum Gasteiger partial charge on any atom is 0.312 e. The van der Waals surface area contributed by atoms with Crippen LogP contribution in [0.1, 0.15) is 30.2 Å². The number of carbonyl (C=O) groups is 2. The number of primary amides is 1. The minimum absolute atomic E-state index is 0.00270. The second kappa shape index (κ2) is 7.18. The molecular weight excluding hydrogens is 422 g/mol. The van der Waals surface area contributed by atoms with Crippen molar-refractivity contribution in [1.82, 2.24) is 15.6 Å². The Hall–Kier alpha value is -3.69. The Morgan fingerprint density at radius 3 is 2.56 bits per heavy atom. The maximum absolute atomic E-state index is 15.1. The van der Waals surface area contributed by atoms with E-state index in [4.69, 9.17) is 14.9 Å². The second-order valence-electron chi connectivity index (χ2n) is 8.15. The topological polar surface area (TPSA) is 119 Å². The van der Waals surface area contributed by atoms with Crippen molar-refractivity contribution < 1.29 is 27.5 Å². The number of rotatable bonds is 5. The number of oxazole rings is 1. The first-order chi connectivity index (χ1) is 15.3. The molecule has 1 saturated carbocycles. The van der Waals surface area contributed by atoms with E-state index < -0.39 is 47.0 Å². The number of fused-ring (bicyclic) bond motifs is 1. The van der Waals surface area contributed by atoms with Crippen molar-refractivity contribution in [3.8, 4) is 5.75 Å². The van der Waals surface area contributed by atoms with Crippen LogP contribution in [0.5, 0.6) is 5.75 Å². The summed E-state index contributed by atoms with van der Waals surface area (Å²) in [5.41, 5.74) is 5.37. The highest BCUT2D eigenvalue weighted by Gasteiger charge is 2.63. The molecule has 3 atom stereocenters. The average Bonchev–Trinajstić information content (AvgIpc) is 3.34. The average molecular weight is 442 g/mol. The number of para-hydroxylation sites is 2. The van der Waals surface area contributed by atoms with Gasteiger partial charge in [-0.3, -0.25) is 4.79 Å². The number of halogens is 2. The molecule has 32 heavy (non-hydrogen) atoms. The molecule has 2 aliphatic rings. The Balaban J connectivity index is 1.64. The lowest BCUT2D eigenvalue weighted by molar-refractivity contribution is -0.121. The Morgan fingerprint density at radius 2 is 1.97 bits per heavy atom. The molecule has 2 fully saturated rings. The molecule has 3 aromatic rings. The van der Waals surface area contributed by atoms with Crippen LogP contribution in [0.3, 0.4) is 0 Å². The third kappa shape index (κ3) is 3.05. The number of benzene rings is 2.